The van der Waals surface area contributed by atoms with Crippen LogP contribution in [0.3, 0.4) is 0 Å². The highest BCUT2D eigenvalue weighted by molar-refractivity contribution is 6.30. The molecule has 0 aliphatic heterocycles. The SMILES string of the molecule is CCC1(C(=O)c2ccc(Cl)cc2)C(C=Cc2cccc([N+](=O)[O-])c2)C1(C(=O)OC)C(=O)OC. The Kier molecular flexibility index (Phi) is 6.69. The summed E-state index contributed by atoms with van der Waals surface area (Å²) in [6.45, 7) is 1.70. The summed E-state index contributed by atoms with van der Waals surface area (Å²) in [6, 6.07) is 12.0. The van der Waals surface area contributed by atoms with E-state index in [4.69, 9.17) is 21.1 Å². The number of methoxy groups -OCH3 is 2. The smallest absolute Gasteiger partial charge is 0.324 e. The minimum absolute atomic E-state index is 0.112. The Morgan fingerprint density at radius 2 is 1.70 bits per heavy atom. The summed E-state index contributed by atoms with van der Waals surface area (Å²) in [5.41, 5.74) is -2.70. The van der Waals surface area contributed by atoms with Crippen molar-refractivity contribution in [3.8, 4) is 0 Å². The fraction of sp³-hybridized carbons (Fsp3) is 0.292. The van der Waals surface area contributed by atoms with Gasteiger partial charge in [0.05, 0.1) is 24.6 Å². The molecule has 0 aromatic heterocycles. The maximum atomic E-state index is 13.7. The van der Waals surface area contributed by atoms with Gasteiger partial charge in [0.1, 0.15) is 0 Å². The lowest BCUT2D eigenvalue weighted by Gasteiger charge is -2.20. The van der Waals surface area contributed by atoms with E-state index >= 15 is 0 Å². The number of rotatable bonds is 8. The Hall–Kier alpha value is -3.52. The number of ketones is 1. The minimum Gasteiger partial charge on any atom is -0.468 e. The number of halogens is 1. The normalized spacial score (nSPS) is 20.8. The van der Waals surface area contributed by atoms with E-state index < -0.39 is 39.4 Å². The number of non-ortho nitro benzene ring substituents is 1. The van der Waals surface area contributed by atoms with Crippen LogP contribution in [0.5, 0.6) is 0 Å². The average Bonchev–Trinajstić information content (AvgIpc) is 3.45. The first-order valence-corrected chi connectivity index (χ1v) is 10.5. The summed E-state index contributed by atoms with van der Waals surface area (Å²) in [5, 5.41) is 11.5. The molecule has 2 atom stereocenters. The quantitative estimate of drug-likeness (QED) is 0.183. The molecule has 0 amide bonds. The van der Waals surface area contributed by atoms with E-state index in [1.807, 2.05) is 0 Å². The Morgan fingerprint density at radius 1 is 1.09 bits per heavy atom. The predicted molar refractivity (Wildman–Crippen MR) is 121 cm³/mol. The number of carbonyl (C=O) groups excluding carboxylic acids is 3. The third-order valence-electron chi connectivity index (χ3n) is 6.26. The zero-order valence-corrected chi connectivity index (χ0v) is 19.0. The summed E-state index contributed by atoms with van der Waals surface area (Å²) in [6.07, 6.45) is 3.23. The standard InChI is InChI=1S/C24H22ClNO7/c1-4-23(20(27)16-9-11-17(25)12-10-16)19(24(23,21(28)32-2)22(29)33-3)13-8-15-6-5-7-18(14-15)26(30)31/h5-14,19H,4H2,1-3H3. The summed E-state index contributed by atoms with van der Waals surface area (Å²) in [5.74, 6) is -3.08. The van der Waals surface area contributed by atoms with Gasteiger partial charge in [0, 0.05) is 28.6 Å². The topological polar surface area (TPSA) is 113 Å². The van der Waals surface area contributed by atoms with Gasteiger partial charge in [-0.15, -0.1) is 0 Å². The van der Waals surface area contributed by atoms with E-state index in [0.29, 0.717) is 10.6 Å². The molecule has 1 fully saturated rings. The highest BCUT2D eigenvalue weighted by Gasteiger charge is 2.87. The third kappa shape index (κ3) is 3.70. The number of carbonyl (C=O) groups is 3. The van der Waals surface area contributed by atoms with Crippen LogP contribution >= 0.6 is 11.6 Å². The van der Waals surface area contributed by atoms with Crippen LogP contribution in [-0.4, -0.2) is 36.9 Å². The van der Waals surface area contributed by atoms with Gasteiger partial charge in [-0.2, -0.15) is 0 Å². The van der Waals surface area contributed by atoms with E-state index in [2.05, 4.69) is 0 Å². The predicted octanol–water partition coefficient (Wildman–Crippen LogP) is 4.50. The molecular formula is C24H22ClNO7. The molecule has 2 unspecified atom stereocenters. The molecule has 0 heterocycles. The number of ether oxygens (including phenoxy) is 2. The largest absolute Gasteiger partial charge is 0.468 e. The molecule has 0 N–H and O–H groups in total. The monoisotopic (exact) mass is 471 g/mol. The van der Waals surface area contributed by atoms with Gasteiger partial charge in [0.2, 0.25) is 0 Å². The molecule has 2 aromatic rings. The molecule has 172 valence electrons. The Morgan fingerprint density at radius 3 is 2.21 bits per heavy atom. The molecule has 0 spiro atoms. The number of hydrogen-bond donors (Lipinski definition) is 0. The molecule has 1 aliphatic carbocycles. The van der Waals surface area contributed by atoms with Crippen LogP contribution in [0, 0.1) is 26.9 Å². The van der Waals surface area contributed by atoms with Crippen molar-refractivity contribution in [3.05, 3.63) is 80.9 Å². The van der Waals surface area contributed by atoms with Gasteiger partial charge < -0.3 is 9.47 Å². The summed E-state index contributed by atoms with van der Waals surface area (Å²) < 4.78 is 9.92. The number of esters is 2. The molecule has 2 aromatic carbocycles. The molecule has 9 heteroatoms. The molecule has 1 saturated carbocycles. The summed E-state index contributed by atoms with van der Waals surface area (Å²) in [7, 11) is 2.28. The van der Waals surface area contributed by atoms with Gasteiger partial charge in [0.25, 0.3) is 5.69 Å². The van der Waals surface area contributed by atoms with Crippen molar-refractivity contribution in [2.24, 2.45) is 16.7 Å². The molecule has 0 bridgehead atoms. The molecule has 1 aliphatic rings. The van der Waals surface area contributed by atoms with Crippen molar-refractivity contribution < 1.29 is 28.8 Å². The van der Waals surface area contributed by atoms with E-state index in [1.54, 1.807) is 37.3 Å². The van der Waals surface area contributed by atoms with Gasteiger partial charge in [-0.1, -0.05) is 42.8 Å². The van der Waals surface area contributed by atoms with Gasteiger partial charge in [0.15, 0.2) is 11.2 Å². The fourth-order valence-electron chi connectivity index (χ4n) is 4.69. The number of benzene rings is 2. The second kappa shape index (κ2) is 9.15. The van der Waals surface area contributed by atoms with Crippen molar-refractivity contribution in [2.75, 3.05) is 14.2 Å². The lowest BCUT2D eigenvalue weighted by molar-refractivity contribution is -0.384. The van der Waals surface area contributed by atoms with Crippen molar-refractivity contribution in [3.63, 3.8) is 0 Å². The second-order valence-corrected chi connectivity index (χ2v) is 8.08. The van der Waals surface area contributed by atoms with Crippen LogP contribution in [0.4, 0.5) is 5.69 Å². The van der Waals surface area contributed by atoms with Crippen molar-refractivity contribution >= 4 is 41.1 Å². The van der Waals surface area contributed by atoms with E-state index in [0.717, 1.165) is 14.2 Å². The Bertz CT molecular complexity index is 1130. The third-order valence-corrected chi connectivity index (χ3v) is 6.52. The number of hydrogen-bond acceptors (Lipinski definition) is 7. The first-order chi connectivity index (χ1) is 15.7. The number of nitrogens with zero attached hydrogens (tertiary/aromatic N) is 1. The number of nitro groups is 1. The first kappa shape index (κ1) is 24.1. The molecule has 33 heavy (non-hydrogen) atoms. The van der Waals surface area contributed by atoms with Gasteiger partial charge in [-0.25, -0.2) is 0 Å². The molecule has 0 saturated heterocycles. The highest BCUT2D eigenvalue weighted by atomic mass is 35.5. The van der Waals surface area contributed by atoms with Gasteiger partial charge in [-0.3, -0.25) is 24.5 Å². The van der Waals surface area contributed by atoms with Gasteiger partial charge >= 0.3 is 11.9 Å². The molecular weight excluding hydrogens is 450 g/mol. The Labute approximate surface area is 195 Å². The van der Waals surface area contributed by atoms with E-state index in [1.165, 1.54) is 30.3 Å². The lowest BCUT2D eigenvalue weighted by Crippen LogP contribution is -2.37. The van der Waals surface area contributed by atoms with E-state index in [9.17, 15) is 24.5 Å². The van der Waals surface area contributed by atoms with Crippen LogP contribution in [0.2, 0.25) is 5.02 Å². The van der Waals surface area contributed by atoms with Crippen LogP contribution in [0.15, 0.2) is 54.6 Å². The maximum absolute atomic E-state index is 13.7. The average molecular weight is 472 g/mol. The molecule has 8 nitrogen and oxygen atoms in total. The van der Waals surface area contributed by atoms with Crippen molar-refractivity contribution in [1.29, 1.82) is 0 Å². The lowest BCUT2D eigenvalue weighted by atomic mass is 9.83. The van der Waals surface area contributed by atoms with Crippen LogP contribution in [0.1, 0.15) is 29.3 Å². The first-order valence-electron chi connectivity index (χ1n) is 10.1. The minimum atomic E-state index is -1.89. The summed E-state index contributed by atoms with van der Waals surface area (Å²) in [4.78, 5) is 50.3. The number of allylic oxidation sites excluding steroid dienone is 1. The molecule has 0 radical (unpaired) electrons. The fourth-order valence-corrected chi connectivity index (χ4v) is 4.81. The van der Waals surface area contributed by atoms with Crippen LogP contribution in [-0.2, 0) is 19.1 Å². The summed E-state index contributed by atoms with van der Waals surface area (Å²) >= 11 is 5.94. The number of nitro benzene ring substituents is 1. The molecule has 3 rings (SSSR count). The second-order valence-electron chi connectivity index (χ2n) is 7.64. The maximum Gasteiger partial charge on any atom is 0.324 e. The zero-order valence-electron chi connectivity index (χ0n) is 18.2. The zero-order chi connectivity index (χ0) is 24.4. The van der Waals surface area contributed by atoms with Gasteiger partial charge in [-0.05, 0) is 36.2 Å². The Balaban J connectivity index is 2.15. The highest BCUT2D eigenvalue weighted by Crippen LogP contribution is 2.74. The van der Waals surface area contributed by atoms with Crippen molar-refractivity contribution in [2.45, 2.75) is 13.3 Å². The van der Waals surface area contributed by atoms with Crippen molar-refractivity contribution in [1.82, 2.24) is 0 Å². The van der Waals surface area contributed by atoms with E-state index in [-0.39, 0.29) is 17.7 Å². The number of Topliss-reactive ketones (excluding diaryl/α,β-unsaturated/α-hetero) is 1. The van der Waals surface area contributed by atoms with Crippen LogP contribution in [0.25, 0.3) is 6.08 Å². The van der Waals surface area contributed by atoms with Crippen LogP contribution < -0.4 is 0 Å².